The molecule has 0 aliphatic carbocycles. The Balaban J connectivity index is 1.46. The van der Waals surface area contributed by atoms with Gasteiger partial charge in [0.1, 0.15) is 0 Å². The van der Waals surface area contributed by atoms with Gasteiger partial charge in [0.2, 0.25) is 0 Å². The number of hydrogen-bond donors (Lipinski definition) is 1. The first kappa shape index (κ1) is 16.1. The largest absolute Gasteiger partial charge is 0.387 e. The van der Waals surface area contributed by atoms with Crippen molar-refractivity contribution in [2.24, 2.45) is 0 Å². The van der Waals surface area contributed by atoms with Crippen LogP contribution >= 0.6 is 0 Å². The molecule has 1 atom stereocenters. The van der Waals surface area contributed by atoms with Crippen LogP contribution in [0.25, 0.3) is 0 Å². The third-order valence-corrected chi connectivity index (χ3v) is 4.30. The predicted molar refractivity (Wildman–Crippen MR) is 89.9 cm³/mol. The van der Waals surface area contributed by atoms with Crippen molar-refractivity contribution in [1.82, 2.24) is 19.8 Å². The lowest BCUT2D eigenvalue weighted by molar-refractivity contribution is 0.0696. The van der Waals surface area contributed by atoms with Crippen LogP contribution in [0, 0.1) is 6.92 Å². The summed E-state index contributed by atoms with van der Waals surface area (Å²) in [6.45, 7) is 7.44. The van der Waals surface area contributed by atoms with E-state index < -0.39 is 6.10 Å². The summed E-state index contributed by atoms with van der Waals surface area (Å²) in [5, 5.41) is 10.3. The molecule has 0 radical (unpaired) electrons. The van der Waals surface area contributed by atoms with Gasteiger partial charge in [-0.1, -0.05) is 30.3 Å². The molecule has 1 fully saturated rings. The van der Waals surface area contributed by atoms with Gasteiger partial charge in [-0.05, 0) is 12.5 Å². The Labute approximate surface area is 137 Å². The summed E-state index contributed by atoms with van der Waals surface area (Å²) in [6.07, 6.45) is 3.27. The Morgan fingerprint density at radius 2 is 1.70 bits per heavy atom. The van der Waals surface area contributed by atoms with E-state index in [1.54, 1.807) is 0 Å². The molecule has 1 aromatic carbocycles. The monoisotopic (exact) mass is 312 g/mol. The number of hydrogen-bond acceptors (Lipinski definition) is 5. The van der Waals surface area contributed by atoms with E-state index in [1.165, 1.54) is 0 Å². The number of rotatable bonds is 5. The van der Waals surface area contributed by atoms with Crippen molar-refractivity contribution in [3.63, 3.8) is 0 Å². The Kier molecular flexibility index (Phi) is 5.33. The Hall–Kier alpha value is -1.82. The Morgan fingerprint density at radius 3 is 2.35 bits per heavy atom. The molecule has 1 aromatic heterocycles. The van der Waals surface area contributed by atoms with E-state index in [0.29, 0.717) is 6.54 Å². The molecule has 1 aliphatic rings. The third kappa shape index (κ3) is 4.58. The fraction of sp³-hybridized carbons (Fsp3) is 0.444. The van der Waals surface area contributed by atoms with Gasteiger partial charge < -0.3 is 5.11 Å². The minimum Gasteiger partial charge on any atom is -0.387 e. The molecule has 3 rings (SSSR count). The molecule has 0 amide bonds. The van der Waals surface area contributed by atoms with Crippen LogP contribution in [0.15, 0.2) is 42.7 Å². The fourth-order valence-electron chi connectivity index (χ4n) is 2.89. The van der Waals surface area contributed by atoms with Crippen molar-refractivity contribution in [2.75, 3.05) is 32.7 Å². The van der Waals surface area contributed by atoms with Gasteiger partial charge in [0.15, 0.2) is 0 Å². The molecule has 23 heavy (non-hydrogen) atoms. The molecule has 1 aliphatic heterocycles. The minimum atomic E-state index is -0.411. The Morgan fingerprint density at radius 1 is 1.00 bits per heavy atom. The second-order valence-electron chi connectivity index (χ2n) is 6.15. The van der Waals surface area contributed by atoms with Crippen LogP contribution in [-0.2, 0) is 6.54 Å². The molecule has 122 valence electrons. The molecule has 1 saturated heterocycles. The molecule has 2 aromatic rings. The highest BCUT2D eigenvalue weighted by Gasteiger charge is 2.20. The van der Waals surface area contributed by atoms with Crippen LogP contribution in [0.3, 0.4) is 0 Å². The highest BCUT2D eigenvalue weighted by atomic mass is 16.3. The number of β-amino-alcohol motifs (C(OH)–C–C–N with tert-alkyl or cyclic N) is 1. The van der Waals surface area contributed by atoms with E-state index >= 15 is 0 Å². The lowest BCUT2D eigenvalue weighted by atomic mass is 10.1. The zero-order valence-corrected chi connectivity index (χ0v) is 13.6. The normalized spacial score (nSPS) is 18.0. The van der Waals surface area contributed by atoms with Crippen molar-refractivity contribution in [1.29, 1.82) is 0 Å². The van der Waals surface area contributed by atoms with Gasteiger partial charge >= 0.3 is 0 Å². The highest BCUT2D eigenvalue weighted by molar-refractivity contribution is 5.17. The quantitative estimate of drug-likeness (QED) is 0.909. The van der Waals surface area contributed by atoms with Gasteiger partial charge in [-0.25, -0.2) is 0 Å². The maximum atomic E-state index is 10.3. The van der Waals surface area contributed by atoms with Crippen LogP contribution in [-0.4, -0.2) is 57.6 Å². The predicted octanol–water partition coefficient (Wildman–Crippen LogP) is 1.64. The first-order chi connectivity index (χ1) is 11.2. The first-order valence-corrected chi connectivity index (χ1v) is 8.16. The fourth-order valence-corrected chi connectivity index (χ4v) is 2.89. The standard InChI is InChI=1S/C18H24N4O/c1-15-11-20-17(12-19-15)13-21-7-9-22(10-8-21)14-18(23)16-5-3-2-4-6-16/h2-6,11-12,18,23H,7-10,13-14H2,1H3/t18-/m0/s1. The summed E-state index contributed by atoms with van der Waals surface area (Å²) in [7, 11) is 0. The Bertz CT molecular complexity index is 594. The van der Waals surface area contributed by atoms with Crippen LogP contribution in [0.4, 0.5) is 0 Å². The maximum Gasteiger partial charge on any atom is 0.0916 e. The van der Waals surface area contributed by atoms with Gasteiger partial charge in [0, 0.05) is 51.7 Å². The summed E-state index contributed by atoms with van der Waals surface area (Å²) in [6, 6.07) is 9.88. The number of aromatic nitrogens is 2. The molecule has 1 N–H and O–H groups in total. The number of aliphatic hydroxyl groups is 1. The van der Waals surface area contributed by atoms with E-state index in [-0.39, 0.29) is 0 Å². The highest BCUT2D eigenvalue weighted by Crippen LogP contribution is 2.15. The molecule has 5 nitrogen and oxygen atoms in total. The zero-order valence-electron chi connectivity index (χ0n) is 13.6. The molecule has 0 saturated carbocycles. The molecule has 0 unspecified atom stereocenters. The average molecular weight is 312 g/mol. The smallest absolute Gasteiger partial charge is 0.0916 e. The van der Waals surface area contributed by atoms with Gasteiger partial charge in [0.25, 0.3) is 0 Å². The molecule has 0 bridgehead atoms. The summed E-state index contributed by atoms with van der Waals surface area (Å²) in [4.78, 5) is 13.4. The van der Waals surface area contributed by atoms with E-state index in [2.05, 4.69) is 19.8 Å². The number of aryl methyl sites for hydroxylation is 1. The second-order valence-corrected chi connectivity index (χ2v) is 6.15. The summed E-state index contributed by atoms with van der Waals surface area (Å²) < 4.78 is 0. The zero-order chi connectivity index (χ0) is 16.1. The van der Waals surface area contributed by atoms with Crippen LogP contribution < -0.4 is 0 Å². The molecule has 0 spiro atoms. The molecule has 5 heteroatoms. The average Bonchev–Trinajstić information content (AvgIpc) is 2.59. The van der Waals surface area contributed by atoms with Crippen molar-refractivity contribution in [3.8, 4) is 0 Å². The maximum absolute atomic E-state index is 10.3. The van der Waals surface area contributed by atoms with E-state index in [9.17, 15) is 5.11 Å². The summed E-state index contributed by atoms with van der Waals surface area (Å²) >= 11 is 0. The van der Waals surface area contributed by atoms with Gasteiger partial charge in [-0.2, -0.15) is 0 Å². The molecular weight excluding hydrogens is 288 g/mol. The molecular formula is C18H24N4O. The van der Waals surface area contributed by atoms with E-state index in [4.69, 9.17) is 0 Å². The summed E-state index contributed by atoms with van der Waals surface area (Å²) in [5.74, 6) is 0. The number of piperazine rings is 1. The minimum absolute atomic E-state index is 0.411. The number of benzene rings is 1. The van der Waals surface area contributed by atoms with Gasteiger partial charge in [-0.15, -0.1) is 0 Å². The van der Waals surface area contributed by atoms with Crippen LogP contribution in [0.5, 0.6) is 0 Å². The SMILES string of the molecule is Cc1cnc(CN2CCN(C[C@H](O)c3ccccc3)CC2)cn1. The van der Waals surface area contributed by atoms with E-state index in [0.717, 1.165) is 49.7 Å². The van der Waals surface area contributed by atoms with Crippen LogP contribution in [0.1, 0.15) is 23.1 Å². The van der Waals surface area contributed by atoms with Crippen LogP contribution in [0.2, 0.25) is 0 Å². The van der Waals surface area contributed by atoms with Crippen molar-refractivity contribution in [3.05, 3.63) is 59.7 Å². The number of aliphatic hydroxyl groups excluding tert-OH is 1. The van der Waals surface area contributed by atoms with Gasteiger partial charge in [0.05, 0.1) is 17.5 Å². The number of nitrogens with zero attached hydrogens (tertiary/aromatic N) is 4. The van der Waals surface area contributed by atoms with Crippen molar-refractivity contribution < 1.29 is 5.11 Å². The topological polar surface area (TPSA) is 52.5 Å². The molecule has 2 heterocycles. The third-order valence-electron chi connectivity index (χ3n) is 4.30. The van der Waals surface area contributed by atoms with Crippen molar-refractivity contribution in [2.45, 2.75) is 19.6 Å². The lowest BCUT2D eigenvalue weighted by Gasteiger charge is -2.35. The summed E-state index contributed by atoms with van der Waals surface area (Å²) in [5.41, 5.74) is 2.96. The van der Waals surface area contributed by atoms with Gasteiger partial charge in [-0.3, -0.25) is 19.8 Å². The van der Waals surface area contributed by atoms with E-state index in [1.807, 2.05) is 49.6 Å². The second kappa shape index (κ2) is 7.64. The lowest BCUT2D eigenvalue weighted by Crippen LogP contribution is -2.47. The first-order valence-electron chi connectivity index (χ1n) is 8.16. The van der Waals surface area contributed by atoms with Crippen molar-refractivity contribution >= 4 is 0 Å².